The molecule has 7 heterocycles. The Morgan fingerprint density at radius 3 is 2.82 bits per heavy atom. The number of hydrogen-bond acceptors (Lipinski definition) is 12. The first-order valence-electron chi connectivity index (χ1n) is 17.6. The Morgan fingerprint density at radius 1 is 1.14 bits per heavy atom. The van der Waals surface area contributed by atoms with E-state index in [0.717, 1.165) is 104 Å². The number of anilines is 2. The van der Waals surface area contributed by atoms with Crippen molar-refractivity contribution in [2.24, 2.45) is 0 Å². The molecule has 49 heavy (non-hydrogen) atoms. The summed E-state index contributed by atoms with van der Waals surface area (Å²) in [4.78, 5) is 16.6. The van der Waals surface area contributed by atoms with Crippen LogP contribution < -0.4 is 15.4 Å². The van der Waals surface area contributed by atoms with Crippen molar-refractivity contribution in [3.63, 3.8) is 0 Å². The molecule has 0 amide bonds. The number of thiophene rings is 1. The fourth-order valence-corrected chi connectivity index (χ4v) is 10.4. The zero-order valence-corrected chi connectivity index (χ0v) is 29.0. The van der Waals surface area contributed by atoms with Crippen LogP contribution in [0, 0.1) is 11.3 Å². The molecule has 13 nitrogen and oxygen atoms in total. The van der Waals surface area contributed by atoms with Gasteiger partial charge in [-0.1, -0.05) is 5.16 Å². The van der Waals surface area contributed by atoms with E-state index in [0.29, 0.717) is 40.6 Å². The molecule has 0 saturated carbocycles. The lowest BCUT2D eigenvalue weighted by Gasteiger charge is -2.39. The number of hydrogen-bond donors (Lipinski definition) is 2. The zero-order chi connectivity index (χ0) is 33.4. The van der Waals surface area contributed by atoms with E-state index < -0.39 is 5.41 Å². The van der Waals surface area contributed by atoms with Crippen LogP contribution in [0.15, 0.2) is 16.9 Å². The Labute approximate surface area is 288 Å². The number of aryl methyl sites for hydroxylation is 1. The summed E-state index contributed by atoms with van der Waals surface area (Å²) in [6.45, 7) is 6.80. The number of nitrogens with two attached hydrogens (primary N) is 1. The molecule has 4 aliphatic rings. The van der Waals surface area contributed by atoms with Crippen LogP contribution in [0.25, 0.3) is 22.6 Å². The minimum atomic E-state index is -0.420. The van der Waals surface area contributed by atoms with E-state index in [4.69, 9.17) is 35.2 Å². The topological polar surface area (TPSA) is 164 Å². The van der Waals surface area contributed by atoms with E-state index in [9.17, 15) is 5.26 Å². The summed E-state index contributed by atoms with van der Waals surface area (Å²) in [5, 5.41) is 28.8. The molecule has 0 bridgehead atoms. The van der Waals surface area contributed by atoms with E-state index in [1.807, 2.05) is 12.4 Å². The van der Waals surface area contributed by atoms with Gasteiger partial charge in [-0.2, -0.15) is 15.5 Å². The number of rotatable bonds is 4. The van der Waals surface area contributed by atoms with E-state index in [2.05, 4.69) is 51.6 Å². The Balaban J connectivity index is 1.23. The van der Waals surface area contributed by atoms with E-state index in [-0.39, 0.29) is 12.1 Å². The molecule has 0 radical (unpaired) electrons. The van der Waals surface area contributed by atoms with Crippen LogP contribution in [0.1, 0.15) is 104 Å². The van der Waals surface area contributed by atoms with Crippen molar-refractivity contribution in [2.75, 3.05) is 37.4 Å². The first-order chi connectivity index (χ1) is 23.9. The third kappa shape index (κ3) is 4.54. The molecule has 14 heteroatoms. The van der Waals surface area contributed by atoms with Gasteiger partial charge in [0.25, 0.3) is 0 Å². The summed E-state index contributed by atoms with van der Waals surface area (Å²) in [7, 11) is 2.20. The van der Waals surface area contributed by atoms with Gasteiger partial charge in [0.1, 0.15) is 16.9 Å². The first kappa shape index (κ1) is 30.6. The lowest BCUT2D eigenvalue weighted by Crippen LogP contribution is -2.35. The summed E-state index contributed by atoms with van der Waals surface area (Å²) >= 11 is 1.56. The molecule has 254 valence electrons. The third-order valence-corrected chi connectivity index (χ3v) is 12.7. The maximum absolute atomic E-state index is 10.2. The second-order valence-corrected chi connectivity index (χ2v) is 15.4. The maximum atomic E-state index is 10.2. The molecule has 2 aliphatic carbocycles. The molecule has 5 aromatic rings. The van der Waals surface area contributed by atoms with E-state index in [1.165, 1.54) is 11.3 Å². The third-order valence-electron chi connectivity index (χ3n) is 11.6. The van der Waals surface area contributed by atoms with Gasteiger partial charge in [0.05, 0.1) is 53.0 Å². The zero-order valence-electron chi connectivity index (χ0n) is 28.2. The molecule has 4 atom stereocenters. The Hall–Kier alpha value is -4.48. The predicted octanol–water partition coefficient (Wildman–Crippen LogP) is 5.68. The first-order valence-corrected chi connectivity index (χ1v) is 18.4. The van der Waals surface area contributed by atoms with E-state index >= 15 is 0 Å². The monoisotopic (exact) mass is 679 g/mol. The minimum Gasteiger partial charge on any atom is -0.478 e. The van der Waals surface area contributed by atoms with Crippen LogP contribution in [0.5, 0.6) is 5.88 Å². The Morgan fingerprint density at radius 2 is 2.00 bits per heavy atom. The molecule has 1 fully saturated rings. The molecule has 1 saturated heterocycles. The van der Waals surface area contributed by atoms with Gasteiger partial charge in [0.15, 0.2) is 22.9 Å². The summed E-state index contributed by atoms with van der Waals surface area (Å²) in [5.74, 6) is 2.91. The number of ether oxygens (including phenoxy) is 1. The average Bonchev–Trinajstić information content (AvgIpc) is 3.93. The molecule has 1 spiro atoms. The van der Waals surface area contributed by atoms with Crippen molar-refractivity contribution in [1.82, 2.24) is 40.0 Å². The molecular formula is C35H41N11O2S. The molecule has 0 unspecified atom stereocenters. The number of nitriles is 1. The maximum Gasteiger partial charge on any atom is 0.214 e. The molecule has 2 aliphatic heterocycles. The quantitative estimate of drug-likeness (QED) is 0.240. The summed E-state index contributed by atoms with van der Waals surface area (Å²) in [5.41, 5.74) is 11.2. The predicted molar refractivity (Wildman–Crippen MR) is 186 cm³/mol. The number of likely N-dealkylation sites (N-methyl/N-ethyl adjacent to an activating group) is 1. The SMILES string of the molecule is C[C@@H]1c2cn[nH]c2OCCCN1c1nc(-c2noc3c2CCC[C@@]32CCCc3sc(N)c(C#N)c32)nc2c1cnn2[C@@H](C)[C@@H]1CCCN1C. The fourth-order valence-electron chi connectivity index (χ4n) is 9.22. The largest absolute Gasteiger partial charge is 0.478 e. The number of nitrogens with zero attached hydrogens (tertiary/aromatic N) is 9. The Kier molecular flexibility index (Phi) is 7.21. The summed E-state index contributed by atoms with van der Waals surface area (Å²) in [6.07, 6.45) is 12.4. The van der Waals surface area contributed by atoms with Crippen molar-refractivity contribution in [1.29, 1.82) is 5.26 Å². The lowest BCUT2D eigenvalue weighted by atomic mass is 9.63. The van der Waals surface area contributed by atoms with Crippen LogP contribution >= 0.6 is 11.3 Å². The van der Waals surface area contributed by atoms with Gasteiger partial charge < -0.3 is 24.8 Å². The summed E-state index contributed by atoms with van der Waals surface area (Å²) in [6, 6.07) is 2.85. The molecular weight excluding hydrogens is 639 g/mol. The highest BCUT2D eigenvalue weighted by Crippen LogP contribution is 2.55. The standard InChI is InChI=1S/C35H41N11O2S/c1-19-23-17-38-42-34(23)47-15-7-14-45(19)32-24-18-39-46(20(2)25-9-6-13-44(25)3)33(24)41-31(40-32)28-21-8-4-11-35(29(21)48-43-28)12-5-10-26-27(35)22(16-36)30(37)49-26/h17-20,25H,4-15,37H2,1-3H3,(H,38,42)/t19-,20+,25+,35+/m1/s1. The highest BCUT2D eigenvalue weighted by atomic mass is 32.1. The normalized spacial score (nSPS) is 24.6. The number of aromatic nitrogens is 7. The highest BCUT2D eigenvalue weighted by molar-refractivity contribution is 7.16. The van der Waals surface area contributed by atoms with Gasteiger partial charge >= 0.3 is 0 Å². The van der Waals surface area contributed by atoms with Crippen LogP contribution in [0.4, 0.5) is 10.8 Å². The van der Waals surface area contributed by atoms with Crippen molar-refractivity contribution >= 4 is 33.2 Å². The van der Waals surface area contributed by atoms with Crippen molar-refractivity contribution in [2.45, 2.75) is 95.2 Å². The van der Waals surface area contributed by atoms with Crippen LogP contribution in [0.3, 0.4) is 0 Å². The van der Waals surface area contributed by atoms with Gasteiger partial charge in [0, 0.05) is 23.0 Å². The van der Waals surface area contributed by atoms with Gasteiger partial charge in [0.2, 0.25) is 5.88 Å². The van der Waals surface area contributed by atoms with Gasteiger partial charge in [-0.3, -0.25) is 0 Å². The number of aromatic amines is 1. The molecule has 9 rings (SSSR count). The molecule has 5 aromatic heterocycles. The van der Waals surface area contributed by atoms with Crippen molar-refractivity contribution in [3.05, 3.63) is 45.3 Å². The van der Waals surface area contributed by atoms with Gasteiger partial charge in [-0.15, -0.1) is 11.3 Å². The average molecular weight is 680 g/mol. The fraction of sp³-hybridized carbons (Fsp3) is 0.543. The van der Waals surface area contributed by atoms with Gasteiger partial charge in [-0.05, 0) is 90.8 Å². The summed E-state index contributed by atoms with van der Waals surface area (Å²) < 4.78 is 14.5. The number of H-pyrrole nitrogens is 1. The lowest BCUT2D eigenvalue weighted by molar-refractivity contribution is 0.232. The van der Waals surface area contributed by atoms with Crippen LogP contribution in [-0.4, -0.2) is 72.8 Å². The van der Waals surface area contributed by atoms with Crippen LogP contribution in [-0.2, 0) is 18.3 Å². The number of likely N-dealkylation sites (tertiary alicyclic amines) is 1. The number of fused-ring (bicyclic) bond motifs is 6. The van der Waals surface area contributed by atoms with Crippen molar-refractivity contribution < 1.29 is 9.26 Å². The van der Waals surface area contributed by atoms with Gasteiger partial charge in [-0.25, -0.2) is 19.7 Å². The smallest absolute Gasteiger partial charge is 0.214 e. The molecule has 0 aromatic carbocycles. The van der Waals surface area contributed by atoms with E-state index in [1.54, 1.807) is 11.3 Å². The number of nitrogen functional groups attached to an aromatic ring is 1. The number of nitrogens with one attached hydrogen (secondary N) is 1. The second kappa shape index (κ2) is 11.6. The van der Waals surface area contributed by atoms with Crippen molar-refractivity contribution in [3.8, 4) is 23.5 Å². The second-order valence-electron chi connectivity index (χ2n) is 14.2. The Bertz CT molecular complexity index is 2100. The highest BCUT2D eigenvalue weighted by Gasteiger charge is 2.49. The minimum absolute atomic E-state index is 0.0645. The molecule has 3 N–H and O–H groups in total. The van der Waals surface area contributed by atoms with Crippen LogP contribution in [0.2, 0.25) is 0 Å².